The molecule has 0 heterocycles. The number of sulfonamides is 2. The molecule has 0 aliphatic rings. The molecule has 458 valence electrons. The number of carbonyl (C=O) groups is 7. The van der Waals surface area contributed by atoms with E-state index < -0.39 is 32.2 Å². The maximum absolute atomic E-state index is 11.0. The van der Waals surface area contributed by atoms with Crippen LogP contribution in [0, 0.1) is 0 Å². The Morgan fingerprint density at radius 1 is 0.623 bits per heavy atom. The number of amides is 9. The Morgan fingerprint density at radius 2 is 0.961 bits per heavy atom. The lowest BCUT2D eigenvalue weighted by molar-refractivity contribution is -0.120. The number of hydrazone groups is 1. The smallest absolute Gasteiger partial charge is 0.421 e. The van der Waals surface area contributed by atoms with E-state index in [-0.39, 0.29) is 42.0 Å². The summed E-state index contributed by atoms with van der Waals surface area (Å²) in [6.07, 6.45) is 0.752. The lowest BCUT2D eigenvalue weighted by Gasteiger charge is -2.02. The first-order valence-corrected chi connectivity index (χ1v) is 22.8. The number of hydrazine groups is 12. The van der Waals surface area contributed by atoms with Gasteiger partial charge in [-0.2, -0.15) is 9.66 Å². The van der Waals surface area contributed by atoms with E-state index >= 15 is 0 Å². The fourth-order valence-corrected chi connectivity index (χ4v) is 2.30. The molecular formula is C33H92N30O12S2. The van der Waals surface area contributed by atoms with E-state index in [4.69, 9.17) is 27.9 Å². The largest absolute Gasteiger partial charge is 0.452 e. The van der Waals surface area contributed by atoms with Crippen LogP contribution in [0.25, 0.3) is 0 Å². The van der Waals surface area contributed by atoms with Crippen LogP contribution in [0.5, 0.6) is 0 Å². The average molecular weight is 1170 g/mol. The van der Waals surface area contributed by atoms with Crippen molar-refractivity contribution in [2.24, 2.45) is 80.7 Å². The second-order valence-electron chi connectivity index (χ2n) is 10.9. The Kier molecular flexibility index (Phi) is 102. The molecule has 0 saturated carbocycles. The first kappa shape index (κ1) is 98.6. The SMILES string of the molecule is C.CC(=O)NN.CNC(=O)NN.CNN.CNN(C)C.CNNC.CNNC(C)=O.COC(=O)NN.CS(=O)(=O)NN.NN=C(N)N.NNC(=O)c1ccccc1.NNC(N)=O.NNC=O.NNS(=O)(=O)c1ccccc1. The van der Waals surface area contributed by atoms with Crippen LogP contribution < -0.4 is 156 Å². The molecule has 0 aliphatic carbocycles. The van der Waals surface area contributed by atoms with Crippen molar-refractivity contribution >= 4 is 68.3 Å². The molecule has 77 heavy (non-hydrogen) atoms. The van der Waals surface area contributed by atoms with Crippen LogP contribution in [0.1, 0.15) is 31.6 Å². The first-order chi connectivity index (χ1) is 35.3. The molecule has 0 aliphatic heterocycles. The fraction of sp³-hybridized carbons (Fsp3) is 0.394. The van der Waals surface area contributed by atoms with Gasteiger partial charge >= 0.3 is 18.2 Å². The minimum absolute atomic E-state index is 0. The molecule has 44 heteroatoms. The third kappa shape index (κ3) is 134. The second kappa shape index (κ2) is 79.8. The molecule has 9 amide bonds. The highest BCUT2D eigenvalue weighted by molar-refractivity contribution is 7.89. The quantitative estimate of drug-likeness (QED) is 0.0291. The van der Waals surface area contributed by atoms with Crippen molar-refractivity contribution in [1.29, 1.82) is 0 Å². The summed E-state index contributed by atoms with van der Waals surface area (Å²) in [5.74, 6) is 45.2. The number of hydrogen-bond acceptors (Lipinski definition) is 29. The minimum Gasteiger partial charge on any atom is -0.452 e. The van der Waals surface area contributed by atoms with Gasteiger partial charge in [-0.05, 0) is 52.5 Å². The molecule has 2 aromatic carbocycles. The standard InChI is InChI=1S/C7H8N2O.C6H8N2O2S.C3H8N2O.C3H10N2.C2H7N3O.C2H6N2O2.C2H6N2O.C2H8N2.CH6N4.CH5N3O.CH6N2O2S.CH4N2O.CH6N2.CH4/c8-9-7(10)6-4-2-1-3-5-6;7-8-11(9,10)6-4-2-1-3-5-6;1-3(6)5-4-2;1-4-5(2)3;1-4-2(6)5-3;1-6-2(5)4-3;1-2(5)4-3;1-3-4-2;2-1(3)5-4;2-1(5)4-3;1-6(4,5)3-2;2-3-1-4;1-3-2;/h1-5H,8H2,(H,9,10);1-5,8H,7H2;4H,1-2H3,(H,5,6);4H,1-3H3;3H2,1H3,(H2,4,5,6);3H2,1H3,(H,4,5);3H2,1H3,(H,4,5);3-4H,1-2H3;4H2,(H4,2,3,5);3H2,(H3,2,4,5);3H,2H2,1H3;1H,2H2,(H,3,4);3H,2H2,1H3;1H4. The van der Waals surface area contributed by atoms with Crippen molar-refractivity contribution in [3.05, 3.63) is 66.2 Å². The number of nitrogens with one attached hydrogen (secondary N) is 15. The molecule has 0 saturated heterocycles. The van der Waals surface area contributed by atoms with E-state index in [1.54, 1.807) is 82.5 Å². The highest BCUT2D eigenvalue weighted by Gasteiger charge is 2.09. The fourth-order valence-electron chi connectivity index (χ4n) is 1.65. The van der Waals surface area contributed by atoms with Crippen LogP contribution in [0.4, 0.5) is 14.4 Å². The zero-order chi connectivity index (χ0) is 62.6. The Morgan fingerprint density at radius 3 is 1.08 bits per heavy atom. The third-order valence-corrected chi connectivity index (χ3v) is 6.44. The Bertz CT molecular complexity index is 1820. The summed E-state index contributed by atoms with van der Waals surface area (Å²) < 4.78 is 45.5. The van der Waals surface area contributed by atoms with Crippen molar-refractivity contribution in [2.45, 2.75) is 26.2 Å². The lowest BCUT2D eigenvalue weighted by atomic mass is 10.2. The summed E-state index contributed by atoms with van der Waals surface area (Å²) in [5.41, 5.74) is 40.6. The zero-order valence-electron chi connectivity index (χ0n) is 44.5. The average Bonchev–Trinajstić information content (AvgIpc) is 3.42. The van der Waals surface area contributed by atoms with E-state index in [1.807, 2.05) is 62.6 Å². The van der Waals surface area contributed by atoms with Crippen molar-refractivity contribution < 1.29 is 55.1 Å². The number of methoxy groups -OCH3 is 1. The van der Waals surface area contributed by atoms with Gasteiger partial charge in [0.1, 0.15) is 0 Å². The number of guanidine groups is 1. The Hall–Kier alpha value is -7.58. The molecule has 0 aromatic heterocycles. The number of ether oxygens (including phenoxy) is 1. The van der Waals surface area contributed by atoms with Gasteiger partial charge in [0.15, 0.2) is 0 Å². The molecule has 42 nitrogen and oxygen atoms in total. The maximum atomic E-state index is 11.0. The molecule has 0 atom stereocenters. The molecule has 0 radical (unpaired) electrons. The van der Waals surface area contributed by atoms with Gasteiger partial charge in [0.05, 0.1) is 18.3 Å². The number of benzene rings is 2. The van der Waals surface area contributed by atoms with E-state index in [9.17, 15) is 45.6 Å². The predicted octanol–water partition coefficient (Wildman–Crippen LogP) is -11.2. The molecule has 0 spiro atoms. The van der Waals surface area contributed by atoms with Gasteiger partial charge < -0.3 is 33.1 Å². The molecule has 2 aromatic rings. The second-order valence-corrected chi connectivity index (χ2v) is 14.4. The van der Waals surface area contributed by atoms with Gasteiger partial charge in [0, 0.05) is 47.6 Å². The van der Waals surface area contributed by atoms with Crippen molar-refractivity contribution in [2.75, 3.05) is 69.7 Å². The molecular weight excluding hydrogens is 1070 g/mol. The highest BCUT2D eigenvalue weighted by Crippen LogP contribution is 2.04. The van der Waals surface area contributed by atoms with Crippen molar-refractivity contribution in [1.82, 2.24) is 85.1 Å². The van der Waals surface area contributed by atoms with E-state index in [0.29, 0.717) is 12.0 Å². The number of rotatable bonds is 8. The van der Waals surface area contributed by atoms with Gasteiger partial charge in [-0.25, -0.2) is 71.7 Å². The summed E-state index contributed by atoms with van der Waals surface area (Å²) in [6.45, 7) is 2.79. The van der Waals surface area contributed by atoms with Crippen LogP contribution in [-0.2, 0) is 39.2 Å². The van der Waals surface area contributed by atoms with E-state index in [1.165, 1.54) is 40.1 Å². The van der Waals surface area contributed by atoms with Crippen LogP contribution in [0.15, 0.2) is 70.7 Å². The van der Waals surface area contributed by atoms with Gasteiger partial charge in [-0.1, -0.05) is 43.8 Å². The van der Waals surface area contributed by atoms with E-state index in [2.05, 4.69) is 100 Å². The Balaban J connectivity index is -0.0000000604. The minimum atomic E-state index is -3.47. The van der Waals surface area contributed by atoms with Gasteiger partial charge in [-0.3, -0.25) is 101 Å². The number of nitrogens with zero attached hydrogens (tertiary/aromatic N) is 2. The monoisotopic (exact) mass is 1160 g/mol. The number of nitrogen functional groups attached to an aromatic ring is 1. The number of hydrogen-bond donors (Lipinski definition) is 28. The van der Waals surface area contributed by atoms with Crippen LogP contribution in [-0.4, -0.2) is 140 Å². The molecule has 0 fully saturated rings. The molecule has 2 rings (SSSR count). The van der Waals surface area contributed by atoms with Crippen LogP contribution >= 0.6 is 0 Å². The highest BCUT2D eigenvalue weighted by atomic mass is 32.2. The first-order valence-electron chi connectivity index (χ1n) is 19.4. The zero-order valence-corrected chi connectivity index (χ0v) is 46.1. The normalized spacial score (nSPS) is 8.18. The Labute approximate surface area is 450 Å². The lowest BCUT2D eigenvalue weighted by Crippen LogP contribution is -2.37. The summed E-state index contributed by atoms with van der Waals surface area (Å²) >= 11 is 0. The van der Waals surface area contributed by atoms with Gasteiger partial charge in [-0.15, -0.1) is 5.10 Å². The summed E-state index contributed by atoms with van der Waals surface area (Å²) in [4.78, 5) is 71.5. The van der Waals surface area contributed by atoms with Crippen molar-refractivity contribution in [3.63, 3.8) is 0 Å². The summed E-state index contributed by atoms with van der Waals surface area (Å²) in [7, 11) is 8.82. The maximum Gasteiger partial charge on any atom is 0.421 e. The van der Waals surface area contributed by atoms with Crippen LogP contribution in [0.3, 0.4) is 0 Å². The topological polar surface area (TPSA) is 731 Å². The summed E-state index contributed by atoms with van der Waals surface area (Å²) in [5, 5.41) is 6.98. The predicted molar refractivity (Wildman–Crippen MR) is 295 cm³/mol. The number of nitrogens with two attached hydrogens (primary N) is 13. The molecule has 41 N–H and O–H groups in total. The van der Waals surface area contributed by atoms with Gasteiger partial charge in [0.25, 0.3) is 15.9 Å². The van der Waals surface area contributed by atoms with Crippen LogP contribution in [0.2, 0.25) is 0 Å². The number of primary amides is 1. The van der Waals surface area contributed by atoms with Crippen molar-refractivity contribution in [3.8, 4) is 0 Å². The third-order valence-electron chi connectivity index (χ3n) is 4.81. The van der Waals surface area contributed by atoms with Gasteiger partial charge in [0.2, 0.25) is 34.2 Å². The number of carbonyl (C=O) groups excluding carboxylic acids is 7. The molecule has 0 unspecified atom stereocenters. The number of urea groups is 2. The van der Waals surface area contributed by atoms with E-state index in [0.717, 1.165) is 6.26 Å². The molecule has 0 bridgehead atoms. The summed E-state index contributed by atoms with van der Waals surface area (Å²) in [6, 6.07) is 15.6.